The summed E-state index contributed by atoms with van der Waals surface area (Å²) in [5.74, 6) is -1.78. The van der Waals surface area contributed by atoms with Crippen LogP contribution in [0.25, 0.3) is 0 Å². The number of aromatic carboxylic acids is 1. The molecular weight excluding hydrogens is 524 g/mol. The van der Waals surface area contributed by atoms with E-state index in [-0.39, 0.29) is 28.3 Å². The summed E-state index contributed by atoms with van der Waals surface area (Å²) >= 11 is 3.20. The molecule has 3 aromatic rings. The summed E-state index contributed by atoms with van der Waals surface area (Å²) in [4.78, 5) is 24.1. The summed E-state index contributed by atoms with van der Waals surface area (Å²) in [6.45, 7) is 1.83. The van der Waals surface area contributed by atoms with Crippen LogP contribution in [0.1, 0.15) is 31.8 Å². The lowest BCUT2D eigenvalue weighted by atomic mass is 10.00. The number of anilines is 2. The molecule has 3 N–H and O–H groups in total. The number of hydrogen-bond acceptors (Lipinski definition) is 5. The SMILES string of the molecule is Cc1ccc2c(c1)CC(O)CN2S(=O)(=O)c1ccc(C(=O)Nc2ccc(Br)cc2C(=O)O)cc1. The lowest BCUT2D eigenvalue weighted by Gasteiger charge is -2.33. The predicted octanol–water partition coefficient (Wildman–Crippen LogP) is 3.82. The fourth-order valence-corrected chi connectivity index (χ4v) is 5.76. The molecule has 4 rings (SSSR count). The highest BCUT2D eigenvalue weighted by molar-refractivity contribution is 9.10. The van der Waals surface area contributed by atoms with Crippen LogP contribution >= 0.6 is 15.9 Å². The number of aliphatic hydroxyl groups is 1. The number of aryl methyl sites for hydroxylation is 1. The number of nitrogens with zero attached hydrogens (tertiary/aromatic N) is 1. The first-order valence-corrected chi connectivity index (χ1v) is 12.5. The molecule has 0 radical (unpaired) electrons. The van der Waals surface area contributed by atoms with E-state index in [0.29, 0.717) is 16.6 Å². The molecule has 0 saturated heterocycles. The second-order valence-electron chi connectivity index (χ2n) is 8.00. The van der Waals surface area contributed by atoms with Gasteiger partial charge in [0.15, 0.2) is 0 Å². The predicted molar refractivity (Wildman–Crippen MR) is 131 cm³/mol. The van der Waals surface area contributed by atoms with E-state index in [1.54, 1.807) is 12.1 Å². The maximum Gasteiger partial charge on any atom is 0.337 e. The quantitative estimate of drug-likeness (QED) is 0.448. The Balaban J connectivity index is 1.60. The van der Waals surface area contributed by atoms with E-state index in [2.05, 4.69) is 21.2 Å². The van der Waals surface area contributed by atoms with Gasteiger partial charge in [0.05, 0.1) is 34.5 Å². The Morgan fingerprint density at radius 1 is 1.06 bits per heavy atom. The number of aliphatic hydroxyl groups excluding tert-OH is 1. The topological polar surface area (TPSA) is 124 Å². The molecule has 1 atom stereocenters. The van der Waals surface area contributed by atoms with Gasteiger partial charge in [-0.3, -0.25) is 9.10 Å². The molecule has 176 valence electrons. The number of carbonyl (C=O) groups excluding carboxylic acids is 1. The first kappa shape index (κ1) is 23.9. The fraction of sp³-hybridized carbons (Fsp3) is 0.167. The maximum absolute atomic E-state index is 13.3. The molecule has 1 unspecified atom stereocenters. The number of β-amino-alcohol motifs (C(OH)–C–C–N with tert-alkyl or cyclic N) is 1. The van der Waals surface area contributed by atoms with E-state index in [9.17, 15) is 28.2 Å². The normalized spacial score (nSPS) is 15.5. The van der Waals surface area contributed by atoms with Crippen molar-refractivity contribution < 1.29 is 28.2 Å². The fourth-order valence-electron chi connectivity index (χ4n) is 3.86. The number of rotatable bonds is 5. The number of amides is 1. The highest BCUT2D eigenvalue weighted by Crippen LogP contribution is 2.33. The number of hydrogen-bond donors (Lipinski definition) is 3. The van der Waals surface area contributed by atoms with Crippen LogP contribution in [-0.4, -0.2) is 43.2 Å². The van der Waals surface area contributed by atoms with Gasteiger partial charge >= 0.3 is 5.97 Å². The molecule has 8 nitrogen and oxygen atoms in total. The first-order chi connectivity index (χ1) is 16.1. The third-order valence-corrected chi connectivity index (χ3v) is 7.79. The van der Waals surface area contributed by atoms with Gasteiger partial charge in [-0.25, -0.2) is 13.2 Å². The Bertz CT molecular complexity index is 1390. The Morgan fingerprint density at radius 3 is 2.44 bits per heavy atom. The lowest BCUT2D eigenvalue weighted by molar-refractivity contribution is 0.0698. The molecular formula is C24H21BrN2O6S. The van der Waals surface area contributed by atoms with Crippen molar-refractivity contribution >= 4 is 49.2 Å². The van der Waals surface area contributed by atoms with E-state index in [0.717, 1.165) is 11.1 Å². The summed E-state index contributed by atoms with van der Waals surface area (Å²) in [5.41, 5.74) is 2.44. The van der Waals surface area contributed by atoms with Gasteiger partial charge in [-0.1, -0.05) is 33.6 Å². The molecule has 10 heteroatoms. The zero-order chi connectivity index (χ0) is 24.6. The molecule has 0 bridgehead atoms. The van der Waals surface area contributed by atoms with Crippen LogP contribution in [0.3, 0.4) is 0 Å². The van der Waals surface area contributed by atoms with Crippen LogP contribution in [-0.2, 0) is 16.4 Å². The first-order valence-electron chi connectivity index (χ1n) is 10.3. The van der Waals surface area contributed by atoms with Gasteiger partial charge in [-0.15, -0.1) is 0 Å². The number of carbonyl (C=O) groups is 2. The van der Waals surface area contributed by atoms with Gasteiger partial charge in [-0.05, 0) is 61.0 Å². The van der Waals surface area contributed by atoms with Crippen molar-refractivity contribution in [1.29, 1.82) is 0 Å². The van der Waals surface area contributed by atoms with Gasteiger partial charge in [0, 0.05) is 16.5 Å². The smallest absolute Gasteiger partial charge is 0.337 e. The van der Waals surface area contributed by atoms with Crippen molar-refractivity contribution in [3.8, 4) is 0 Å². The summed E-state index contributed by atoms with van der Waals surface area (Å²) in [5, 5.41) is 22.2. The zero-order valence-corrected chi connectivity index (χ0v) is 20.4. The van der Waals surface area contributed by atoms with Crippen molar-refractivity contribution in [1.82, 2.24) is 0 Å². The number of fused-ring (bicyclic) bond motifs is 1. The van der Waals surface area contributed by atoms with Crippen LogP contribution < -0.4 is 9.62 Å². The lowest BCUT2D eigenvalue weighted by Crippen LogP contribution is -2.42. The van der Waals surface area contributed by atoms with Gasteiger partial charge in [0.2, 0.25) is 0 Å². The highest BCUT2D eigenvalue weighted by Gasteiger charge is 2.32. The third-order valence-electron chi connectivity index (χ3n) is 5.50. The van der Waals surface area contributed by atoms with Crippen molar-refractivity contribution in [2.45, 2.75) is 24.3 Å². The molecule has 0 saturated carbocycles. The second kappa shape index (κ2) is 9.21. The minimum atomic E-state index is -3.99. The van der Waals surface area contributed by atoms with Crippen LogP contribution in [0, 0.1) is 6.92 Å². The third kappa shape index (κ3) is 4.70. The Labute approximate surface area is 205 Å². The molecule has 34 heavy (non-hydrogen) atoms. The molecule has 1 amide bonds. The van der Waals surface area contributed by atoms with Crippen molar-refractivity contribution in [3.63, 3.8) is 0 Å². The molecule has 3 aromatic carbocycles. The van der Waals surface area contributed by atoms with Crippen molar-refractivity contribution in [2.24, 2.45) is 0 Å². The molecule has 1 heterocycles. The number of nitrogens with one attached hydrogen (secondary N) is 1. The zero-order valence-electron chi connectivity index (χ0n) is 18.0. The molecule has 0 aliphatic carbocycles. The largest absolute Gasteiger partial charge is 0.478 e. The van der Waals surface area contributed by atoms with E-state index in [4.69, 9.17) is 0 Å². The number of benzene rings is 3. The highest BCUT2D eigenvalue weighted by atomic mass is 79.9. The molecule has 1 aliphatic heterocycles. The second-order valence-corrected chi connectivity index (χ2v) is 10.8. The van der Waals surface area contributed by atoms with Gasteiger partial charge in [-0.2, -0.15) is 0 Å². The monoisotopic (exact) mass is 544 g/mol. The van der Waals surface area contributed by atoms with Crippen molar-refractivity contribution in [2.75, 3.05) is 16.2 Å². The van der Waals surface area contributed by atoms with Crippen molar-refractivity contribution in [3.05, 3.63) is 87.4 Å². The van der Waals surface area contributed by atoms with E-state index in [1.165, 1.54) is 40.7 Å². The molecule has 0 spiro atoms. The molecule has 1 aliphatic rings. The Morgan fingerprint density at radius 2 is 1.76 bits per heavy atom. The standard InChI is InChI=1S/C24H21BrN2O6S/c1-14-2-9-22-16(10-14)11-18(28)13-27(22)34(32,33)19-6-3-15(4-7-19)23(29)26-21-8-5-17(25)12-20(21)24(30)31/h2-10,12,18,28H,11,13H2,1H3,(H,26,29)(H,30,31). The Hall–Kier alpha value is -3.21. The van der Waals surface area contributed by atoms with Crippen LogP contribution in [0.4, 0.5) is 11.4 Å². The minimum Gasteiger partial charge on any atom is -0.478 e. The average Bonchev–Trinajstić information content (AvgIpc) is 2.79. The Kier molecular flexibility index (Phi) is 6.48. The number of carboxylic acids is 1. The van der Waals surface area contributed by atoms with Gasteiger partial charge in [0.25, 0.3) is 15.9 Å². The summed E-state index contributed by atoms with van der Waals surface area (Å²) in [6.07, 6.45) is -0.459. The summed E-state index contributed by atoms with van der Waals surface area (Å²) in [6, 6.07) is 15.2. The minimum absolute atomic E-state index is 0.0282. The van der Waals surface area contributed by atoms with E-state index in [1.807, 2.05) is 19.1 Å². The summed E-state index contributed by atoms with van der Waals surface area (Å²) < 4.78 is 28.4. The van der Waals surface area contributed by atoms with Crippen LogP contribution in [0.5, 0.6) is 0 Å². The number of sulfonamides is 1. The van der Waals surface area contributed by atoms with Crippen LogP contribution in [0.15, 0.2) is 70.0 Å². The molecule has 0 aromatic heterocycles. The number of carboxylic acid groups (broad SMARTS) is 1. The number of halogens is 1. The van der Waals surface area contributed by atoms with Crippen LogP contribution in [0.2, 0.25) is 0 Å². The van der Waals surface area contributed by atoms with E-state index >= 15 is 0 Å². The molecule has 0 fully saturated rings. The summed E-state index contributed by atoms with van der Waals surface area (Å²) in [7, 11) is -3.99. The van der Waals surface area contributed by atoms with Gasteiger partial charge in [0.1, 0.15) is 0 Å². The van der Waals surface area contributed by atoms with Gasteiger partial charge < -0.3 is 15.5 Å². The van der Waals surface area contributed by atoms with E-state index < -0.39 is 28.0 Å². The average molecular weight is 545 g/mol. The maximum atomic E-state index is 13.3.